The van der Waals surface area contributed by atoms with Crippen LogP contribution in [0, 0.1) is 16.6 Å². The zero-order chi connectivity index (χ0) is 13.4. The lowest BCUT2D eigenvalue weighted by Gasteiger charge is -2.45. The van der Waals surface area contributed by atoms with Crippen molar-refractivity contribution in [3.63, 3.8) is 0 Å². The van der Waals surface area contributed by atoms with Gasteiger partial charge in [0.1, 0.15) is 5.82 Å². The van der Waals surface area contributed by atoms with E-state index in [1.165, 1.54) is 12.5 Å². The second-order valence-corrected chi connectivity index (χ2v) is 7.23. The molecule has 1 N–H and O–H groups in total. The van der Waals surface area contributed by atoms with E-state index < -0.39 is 0 Å². The van der Waals surface area contributed by atoms with Crippen LogP contribution in [0.2, 0.25) is 0 Å². The highest BCUT2D eigenvalue weighted by molar-refractivity contribution is 5.45. The standard InChI is InChI=1S/C16H24FN/c1-15(2)9-12(10-16(3,4)11-15)18-14-8-6-5-7-13(14)17/h5-8,12,18H,9-11H2,1-4H3. The van der Waals surface area contributed by atoms with Crippen LogP contribution in [0.1, 0.15) is 47.0 Å². The molecule has 1 aliphatic rings. The second kappa shape index (κ2) is 4.56. The molecule has 1 saturated carbocycles. The monoisotopic (exact) mass is 249 g/mol. The van der Waals surface area contributed by atoms with Crippen molar-refractivity contribution < 1.29 is 4.39 Å². The Morgan fingerprint density at radius 3 is 2.17 bits per heavy atom. The van der Waals surface area contributed by atoms with Gasteiger partial charge in [-0.05, 0) is 42.2 Å². The van der Waals surface area contributed by atoms with E-state index in [1.54, 1.807) is 6.07 Å². The van der Waals surface area contributed by atoms with Gasteiger partial charge >= 0.3 is 0 Å². The van der Waals surface area contributed by atoms with Crippen LogP contribution in [0.25, 0.3) is 0 Å². The summed E-state index contributed by atoms with van der Waals surface area (Å²) in [6.07, 6.45) is 3.44. The highest BCUT2D eigenvalue weighted by atomic mass is 19.1. The van der Waals surface area contributed by atoms with Crippen LogP contribution < -0.4 is 5.32 Å². The van der Waals surface area contributed by atoms with Crippen LogP contribution in [0.4, 0.5) is 10.1 Å². The highest BCUT2D eigenvalue weighted by Crippen LogP contribution is 2.46. The lowest BCUT2D eigenvalue weighted by atomic mass is 9.63. The van der Waals surface area contributed by atoms with Crippen molar-refractivity contribution in [3.05, 3.63) is 30.1 Å². The van der Waals surface area contributed by atoms with E-state index in [1.807, 2.05) is 12.1 Å². The van der Waals surface area contributed by atoms with E-state index in [2.05, 4.69) is 33.0 Å². The van der Waals surface area contributed by atoms with Gasteiger partial charge in [-0.1, -0.05) is 39.8 Å². The molecule has 1 nitrogen and oxygen atoms in total. The summed E-state index contributed by atoms with van der Waals surface area (Å²) in [6, 6.07) is 7.31. The van der Waals surface area contributed by atoms with Crippen molar-refractivity contribution in [1.82, 2.24) is 0 Å². The summed E-state index contributed by atoms with van der Waals surface area (Å²) in [5, 5.41) is 3.39. The minimum absolute atomic E-state index is 0.154. The number of anilines is 1. The molecule has 0 saturated heterocycles. The zero-order valence-corrected chi connectivity index (χ0v) is 11.9. The molecule has 0 radical (unpaired) electrons. The first-order valence-corrected chi connectivity index (χ1v) is 6.79. The van der Waals surface area contributed by atoms with Crippen molar-refractivity contribution in [1.29, 1.82) is 0 Å². The van der Waals surface area contributed by atoms with Crippen LogP contribution in [0.15, 0.2) is 24.3 Å². The molecule has 0 atom stereocenters. The number of rotatable bonds is 2. The van der Waals surface area contributed by atoms with Gasteiger partial charge in [0.25, 0.3) is 0 Å². The van der Waals surface area contributed by atoms with E-state index >= 15 is 0 Å². The largest absolute Gasteiger partial charge is 0.380 e. The third-order valence-electron chi connectivity index (χ3n) is 3.79. The van der Waals surface area contributed by atoms with Crippen LogP contribution in [0.3, 0.4) is 0 Å². The number of halogens is 1. The summed E-state index contributed by atoms with van der Waals surface area (Å²) in [6.45, 7) is 9.24. The number of para-hydroxylation sites is 1. The molecule has 0 amide bonds. The lowest BCUT2D eigenvalue weighted by Crippen LogP contribution is -2.40. The maximum Gasteiger partial charge on any atom is 0.146 e. The first-order valence-electron chi connectivity index (χ1n) is 6.79. The van der Waals surface area contributed by atoms with Crippen LogP contribution in [-0.4, -0.2) is 6.04 Å². The number of benzene rings is 1. The fraction of sp³-hybridized carbons (Fsp3) is 0.625. The quantitative estimate of drug-likeness (QED) is 0.790. The van der Waals surface area contributed by atoms with Crippen molar-refractivity contribution in [2.24, 2.45) is 10.8 Å². The molecule has 0 aromatic heterocycles. The van der Waals surface area contributed by atoms with E-state index in [4.69, 9.17) is 0 Å². The van der Waals surface area contributed by atoms with Gasteiger partial charge < -0.3 is 5.32 Å². The summed E-state index contributed by atoms with van der Waals surface area (Å²) in [5.74, 6) is -0.154. The Morgan fingerprint density at radius 1 is 1.06 bits per heavy atom. The van der Waals surface area contributed by atoms with Gasteiger partial charge in [0.2, 0.25) is 0 Å². The predicted molar refractivity (Wildman–Crippen MR) is 75.2 cm³/mol. The van der Waals surface area contributed by atoms with Gasteiger partial charge in [-0.25, -0.2) is 4.39 Å². The number of nitrogens with one attached hydrogen (secondary N) is 1. The van der Waals surface area contributed by atoms with E-state index in [9.17, 15) is 4.39 Å². The summed E-state index contributed by atoms with van der Waals surface area (Å²) in [5.41, 5.74) is 1.28. The van der Waals surface area contributed by atoms with Crippen molar-refractivity contribution in [3.8, 4) is 0 Å². The highest BCUT2D eigenvalue weighted by Gasteiger charge is 2.38. The summed E-state index contributed by atoms with van der Waals surface area (Å²) in [4.78, 5) is 0. The summed E-state index contributed by atoms with van der Waals surface area (Å²) < 4.78 is 13.7. The number of hydrogen-bond donors (Lipinski definition) is 1. The Bertz CT molecular complexity index is 407. The molecule has 1 fully saturated rings. The van der Waals surface area contributed by atoms with Gasteiger partial charge in [0, 0.05) is 6.04 Å². The SMILES string of the molecule is CC1(C)CC(Nc2ccccc2F)CC(C)(C)C1. The van der Waals surface area contributed by atoms with Crippen LogP contribution in [-0.2, 0) is 0 Å². The van der Waals surface area contributed by atoms with Gasteiger partial charge in [0.05, 0.1) is 5.69 Å². The second-order valence-electron chi connectivity index (χ2n) is 7.23. The Kier molecular flexibility index (Phi) is 3.39. The molecule has 0 bridgehead atoms. The molecule has 0 unspecified atom stereocenters. The van der Waals surface area contributed by atoms with Crippen molar-refractivity contribution in [2.75, 3.05) is 5.32 Å². The molecule has 1 aromatic carbocycles. The third-order valence-corrected chi connectivity index (χ3v) is 3.79. The van der Waals surface area contributed by atoms with Crippen LogP contribution in [0.5, 0.6) is 0 Å². The van der Waals surface area contributed by atoms with E-state index in [-0.39, 0.29) is 5.82 Å². The van der Waals surface area contributed by atoms with Gasteiger partial charge in [-0.3, -0.25) is 0 Å². The Hall–Kier alpha value is -1.05. The molecular formula is C16H24FN. The molecule has 1 aliphatic carbocycles. The van der Waals surface area contributed by atoms with Gasteiger partial charge in [-0.2, -0.15) is 0 Å². The minimum atomic E-state index is -0.154. The fourth-order valence-corrected chi connectivity index (χ4v) is 3.75. The Balaban J connectivity index is 2.12. The third kappa shape index (κ3) is 3.24. The minimum Gasteiger partial charge on any atom is -0.380 e. The molecule has 0 aliphatic heterocycles. The molecule has 2 rings (SSSR count). The van der Waals surface area contributed by atoms with E-state index in [0.29, 0.717) is 22.6 Å². The molecule has 100 valence electrons. The smallest absolute Gasteiger partial charge is 0.146 e. The first-order chi connectivity index (χ1) is 8.27. The average molecular weight is 249 g/mol. The van der Waals surface area contributed by atoms with Crippen LogP contribution >= 0.6 is 0 Å². The predicted octanol–water partition coefficient (Wildman–Crippen LogP) is 4.84. The molecule has 1 aromatic rings. The zero-order valence-electron chi connectivity index (χ0n) is 11.9. The van der Waals surface area contributed by atoms with Crippen molar-refractivity contribution >= 4 is 5.69 Å². The van der Waals surface area contributed by atoms with Gasteiger partial charge in [-0.15, -0.1) is 0 Å². The van der Waals surface area contributed by atoms with E-state index in [0.717, 1.165) is 12.8 Å². The molecule has 2 heteroatoms. The number of hydrogen-bond acceptors (Lipinski definition) is 1. The Labute approximate surface area is 110 Å². The summed E-state index contributed by atoms with van der Waals surface area (Å²) >= 11 is 0. The van der Waals surface area contributed by atoms with Crippen molar-refractivity contribution in [2.45, 2.75) is 53.0 Å². The molecule has 18 heavy (non-hydrogen) atoms. The fourth-order valence-electron chi connectivity index (χ4n) is 3.75. The normalized spacial score (nSPS) is 22.7. The first kappa shape index (κ1) is 13.4. The molecular weight excluding hydrogens is 225 g/mol. The summed E-state index contributed by atoms with van der Waals surface area (Å²) in [7, 11) is 0. The Morgan fingerprint density at radius 2 is 1.61 bits per heavy atom. The topological polar surface area (TPSA) is 12.0 Å². The van der Waals surface area contributed by atoms with Gasteiger partial charge in [0.15, 0.2) is 0 Å². The maximum absolute atomic E-state index is 13.7. The lowest BCUT2D eigenvalue weighted by molar-refractivity contribution is 0.105. The molecule has 0 spiro atoms. The maximum atomic E-state index is 13.7. The average Bonchev–Trinajstić information content (AvgIpc) is 2.16. The molecule has 0 heterocycles.